The van der Waals surface area contributed by atoms with Gasteiger partial charge in [0.1, 0.15) is 12.1 Å². The van der Waals surface area contributed by atoms with Gasteiger partial charge in [-0.1, -0.05) is 0 Å². The first-order valence-electron chi connectivity index (χ1n) is 7.74. The fourth-order valence-corrected chi connectivity index (χ4v) is 4.30. The van der Waals surface area contributed by atoms with E-state index in [4.69, 9.17) is 5.73 Å². The van der Waals surface area contributed by atoms with Crippen molar-refractivity contribution in [1.29, 1.82) is 0 Å². The highest BCUT2D eigenvalue weighted by Gasteiger charge is 2.30. The molecule has 4 rings (SSSR count). The number of hydrogen-bond donors (Lipinski definition) is 1. The fourth-order valence-electron chi connectivity index (χ4n) is 2.90. The first-order chi connectivity index (χ1) is 12.1. The predicted octanol–water partition coefficient (Wildman–Crippen LogP) is 0.991. The molecule has 0 fully saturated rings. The zero-order valence-corrected chi connectivity index (χ0v) is 14.1. The van der Waals surface area contributed by atoms with Crippen LogP contribution in [0.1, 0.15) is 11.3 Å². The van der Waals surface area contributed by atoms with Crippen molar-refractivity contribution in [3.63, 3.8) is 0 Å². The standard InChI is InChI=1S/C16H16N6O2S/c17-16-14-6-9-21(10-15(14)18-11-19-16)25(23,24)13-4-2-12(3-5-13)22-8-1-7-20-22/h1-5,7-8,11H,6,9-10H2,(H2,17,18,19). The zero-order valence-electron chi connectivity index (χ0n) is 13.3. The lowest BCUT2D eigenvalue weighted by molar-refractivity contribution is 0.385. The molecule has 0 saturated heterocycles. The summed E-state index contributed by atoms with van der Waals surface area (Å²) in [6.07, 6.45) is 5.34. The molecule has 3 aromatic rings. The highest BCUT2D eigenvalue weighted by atomic mass is 32.2. The predicted molar refractivity (Wildman–Crippen MR) is 91.3 cm³/mol. The third-order valence-electron chi connectivity index (χ3n) is 4.25. The van der Waals surface area contributed by atoms with E-state index in [1.807, 2.05) is 6.07 Å². The molecule has 8 nitrogen and oxygen atoms in total. The number of aromatic nitrogens is 4. The highest BCUT2D eigenvalue weighted by molar-refractivity contribution is 7.89. The number of nitrogens with two attached hydrogens (primary N) is 1. The van der Waals surface area contributed by atoms with Crippen LogP contribution in [-0.4, -0.2) is 39.0 Å². The number of hydrogen-bond acceptors (Lipinski definition) is 6. The summed E-state index contributed by atoms with van der Waals surface area (Å²) in [5, 5.41) is 4.13. The Kier molecular flexibility index (Phi) is 3.74. The molecule has 0 bridgehead atoms. The van der Waals surface area contributed by atoms with Gasteiger partial charge in [0.2, 0.25) is 10.0 Å². The van der Waals surface area contributed by atoms with E-state index >= 15 is 0 Å². The van der Waals surface area contributed by atoms with Crippen molar-refractivity contribution < 1.29 is 8.42 Å². The smallest absolute Gasteiger partial charge is 0.243 e. The molecule has 1 aromatic carbocycles. The van der Waals surface area contributed by atoms with Gasteiger partial charge in [0.05, 0.1) is 22.8 Å². The van der Waals surface area contributed by atoms with Crippen molar-refractivity contribution in [3.8, 4) is 5.69 Å². The second-order valence-corrected chi connectivity index (χ2v) is 7.66. The van der Waals surface area contributed by atoms with E-state index in [0.29, 0.717) is 24.5 Å². The first kappa shape index (κ1) is 15.7. The van der Waals surface area contributed by atoms with Crippen LogP contribution in [-0.2, 0) is 23.0 Å². The monoisotopic (exact) mass is 356 g/mol. The molecular formula is C16H16N6O2S. The second kappa shape index (κ2) is 5.94. The van der Waals surface area contributed by atoms with E-state index < -0.39 is 10.0 Å². The molecule has 3 heterocycles. The molecule has 0 aliphatic carbocycles. The molecular weight excluding hydrogens is 340 g/mol. The molecule has 0 atom stereocenters. The van der Waals surface area contributed by atoms with E-state index in [2.05, 4.69) is 15.1 Å². The minimum atomic E-state index is -3.60. The van der Waals surface area contributed by atoms with E-state index in [0.717, 1.165) is 11.3 Å². The lowest BCUT2D eigenvalue weighted by Crippen LogP contribution is -2.36. The lowest BCUT2D eigenvalue weighted by Gasteiger charge is -2.27. The van der Waals surface area contributed by atoms with E-state index in [1.165, 1.54) is 10.6 Å². The van der Waals surface area contributed by atoms with Crippen molar-refractivity contribution in [2.24, 2.45) is 0 Å². The maximum atomic E-state index is 12.9. The summed E-state index contributed by atoms with van der Waals surface area (Å²) < 4.78 is 28.9. The summed E-state index contributed by atoms with van der Waals surface area (Å²) in [4.78, 5) is 8.38. The van der Waals surface area contributed by atoms with Crippen LogP contribution in [0.5, 0.6) is 0 Å². The molecule has 9 heteroatoms. The largest absolute Gasteiger partial charge is 0.383 e. The minimum Gasteiger partial charge on any atom is -0.383 e. The average Bonchev–Trinajstić information content (AvgIpc) is 3.16. The van der Waals surface area contributed by atoms with Crippen LogP contribution >= 0.6 is 0 Å². The lowest BCUT2D eigenvalue weighted by atomic mass is 10.1. The number of anilines is 1. The maximum Gasteiger partial charge on any atom is 0.243 e. The summed E-state index contributed by atoms with van der Waals surface area (Å²) in [7, 11) is -3.60. The second-order valence-electron chi connectivity index (χ2n) is 5.72. The van der Waals surface area contributed by atoms with Crippen molar-refractivity contribution in [3.05, 3.63) is 60.3 Å². The van der Waals surface area contributed by atoms with Gasteiger partial charge in [-0.2, -0.15) is 9.40 Å². The van der Waals surface area contributed by atoms with Gasteiger partial charge in [-0.25, -0.2) is 23.1 Å². The summed E-state index contributed by atoms with van der Waals surface area (Å²) in [6, 6.07) is 8.46. The molecule has 2 aromatic heterocycles. The van der Waals surface area contributed by atoms with Crippen LogP contribution in [0.2, 0.25) is 0 Å². The number of nitrogen functional groups attached to an aromatic ring is 1. The molecule has 25 heavy (non-hydrogen) atoms. The van der Waals surface area contributed by atoms with E-state index in [-0.39, 0.29) is 11.4 Å². The Morgan fingerprint density at radius 1 is 1.12 bits per heavy atom. The number of sulfonamides is 1. The molecule has 0 spiro atoms. The van der Waals surface area contributed by atoms with Crippen LogP contribution < -0.4 is 5.73 Å². The molecule has 0 saturated carbocycles. The van der Waals surface area contributed by atoms with Gasteiger partial charge in [0.25, 0.3) is 0 Å². The zero-order chi connectivity index (χ0) is 17.4. The topological polar surface area (TPSA) is 107 Å². The van der Waals surface area contributed by atoms with E-state index in [9.17, 15) is 8.42 Å². The maximum absolute atomic E-state index is 12.9. The summed E-state index contributed by atoms with van der Waals surface area (Å²) in [5.41, 5.74) is 8.14. The van der Waals surface area contributed by atoms with Gasteiger partial charge in [0.15, 0.2) is 0 Å². The quantitative estimate of drug-likeness (QED) is 0.750. The Morgan fingerprint density at radius 3 is 2.64 bits per heavy atom. The van der Waals surface area contributed by atoms with Crippen LogP contribution in [0.15, 0.2) is 53.9 Å². The van der Waals surface area contributed by atoms with E-state index in [1.54, 1.807) is 41.3 Å². The Labute approximate surface area is 145 Å². The van der Waals surface area contributed by atoms with Crippen LogP contribution in [0.25, 0.3) is 5.69 Å². The number of rotatable bonds is 3. The van der Waals surface area contributed by atoms with Gasteiger partial charge >= 0.3 is 0 Å². The van der Waals surface area contributed by atoms with Crippen molar-refractivity contribution in [1.82, 2.24) is 24.1 Å². The van der Waals surface area contributed by atoms with Crippen LogP contribution in [0, 0.1) is 0 Å². The van der Waals surface area contributed by atoms with Crippen molar-refractivity contribution >= 4 is 15.8 Å². The molecule has 0 unspecified atom stereocenters. The normalized spacial score (nSPS) is 15.0. The number of fused-ring (bicyclic) bond motifs is 1. The van der Waals surface area contributed by atoms with Crippen molar-refractivity contribution in [2.75, 3.05) is 12.3 Å². The minimum absolute atomic E-state index is 0.200. The van der Waals surface area contributed by atoms with Gasteiger partial charge in [-0.05, 0) is 36.8 Å². The number of benzene rings is 1. The van der Waals surface area contributed by atoms with Crippen LogP contribution in [0.4, 0.5) is 5.82 Å². The Hall–Kier alpha value is -2.78. The first-order valence-corrected chi connectivity index (χ1v) is 9.18. The molecule has 0 amide bonds. The Bertz CT molecular complexity index is 1000. The highest BCUT2D eigenvalue weighted by Crippen LogP contribution is 2.26. The third kappa shape index (κ3) is 2.77. The summed E-state index contributed by atoms with van der Waals surface area (Å²) in [5.74, 6) is 0.422. The van der Waals surface area contributed by atoms with Gasteiger partial charge < -0.3 is 5.73 Å². The molecule has 128 valence electrons. The van der Waals surface area contributed by atoms with Gasteiger partial charge in [0, 0.05) is 24.5 Å². The Balaban J connectivity index is 1.62. The SMILES string of the molecule is Nc1ncnc2c1CCN(S(=O)(=O)c1ccc(-n3cccn3)cc1)C2. The fraction of sp³-hybridized carbons (Fsp3) is 0.188. The Morgan fingerprint density at radius 2 is 1.92 bits per heavy atom. The van der Waals surface area contributed by atoms with Gasteiger partial charge in [-0.15, -0.1) is 0 Å². The van der Waals surface area contributed by atoms with Crippen molar-refractivity contribution in [2.45, 2.75) is 17.9 Å². The van der Waals surface area contributed by atoms with Crippen LogP contribution in [0.3, 0.4) is 0 Å². The molecule has 0 radical (unpaired) electrons. The number of nitrogens with zero attached hydrogens (tertiary/aromatic N) is 5. The molecule has 1 aliphatic heterocycles. The molecule has 2 N–H and O–H groups in total. The summed E-state index contributed by atoms with van der Waals surface area (Å²) >= 11 is 0. The third-order valence-corrected chi connectivity index (χ3v) is 6.11. The molecule has 1 aliphatic rings. The van der Waals surface area contributed by atoms with Gasteiger partial charge in [-0.3, -0.25) is 0 Å². The summed E-state index contributed by atoms with van der Waals surface area (Å²) in [6.45, 7) is 0.555. The average molecular weight is 356 g/mol.